The van der Waals surface area contributed by atoms with E-state index < -0.39 is 11.7 Å². The van der Waals surface area contributed by atoms with Gasteiger partial charge in [0.2, 0.25) is 0 Å². The Morgan fingerprint density at radius 1 is 1.44 bits per heavy atom. The Labute approximate surface area is 116 Å². The molecule has 0 heterocycles. The number of rotatable bonds is 6. The number of benzene rings is 1. The van der Waals surface area contributed by atoms with E-state index in [4.69, 9.17) is 4.74 Å². The molecular formula is C14H20BrFO2. The van der Waals surface area contributed by atoms with E-state index in [0.717, 1.165) is 12.0 Å². The van der Waals surface area contributed by atoms with E-state index >= 15 is 0 Å². The first-order valence-electron chi connectivity index (χ1n) is 6.19. The van der Waals surface area contributed by atoms with Crippen LogP contribution in [0.2, 0.25) is 0 Å². The lowest BCUT2D eigenvalue weighted by atomic mass is 9.90. The smallest absolute Gasteiger partial charge is 0.124 e. The van der Waals surface area contributed by atoms with Crippen LogP contribution in [0.15, 0.2) is 22.7 Å². The Bertz CT molecular complexity index is 397. The lowest BCUT2D eigenvalue weighted by Gasteiger charge is -2.33. The van der Waals surface area contributed by atoms with Crippen LogP contribution < -0.4 is 0 Å². The molecule has 0 saturated carbocycles. The van der Waals surface area contributed by atoms with Crippen molar-refractivity contribution < 1.29 is 14.2 Å². The SMILES string of the molecule is CCOC(C)(CC)C(O)Cc1ccc(F)cc1Br. The van der Waals surface area contributed by atoms with Crippen molar-refractivity contribution >= 4 is 15.9 Å². The minimum Gasteiger partial charge on any atom is -0.390 e. The van der Waals surface area contributed by atoms with Gasteiger partial charge in [-0.25, -0.2) is 4.39 Å². The van der Waals surface area contributed by atoms with Gasteiger partial charge in [0.15, 0.2) is 0 Å². The molecule has 1 N–H and O–H groups in total. The van der Waals surface area contributed by atoms with E-state index in [9.17, 15) is 9.50 Å². The third-order valence-electron chi connectivity index (χ3n) is 3.31. The van der Waals surface area contributed by atoms with E-state index in [-0.39, 0.29) is 5.82 Å². The molecule has 0 fully saturated rings. The number of aliphatic hydroxyl groups excluding tert-OH is 1. The maximum atomic E-state index is 13.0. The molecule has 1 aromatic carbocycles. The van der Waals surface area contributed by atoms with Crippen molar-refractivity contribution in [1.29, 1.82) is 0 Å². The molecule has 4 heteroatoms. The molecule has 2 unspecified atom stereocenters. The Hall–Kier alpha value is -0.450. The van der Waals surface area contributed by atoms with E-state index in [1.165, 1.54) is 12.1 Å². The van der Waals surface area contributed by atoms with Gasteiger partial charge in [0.25, 0.3) is 0 Å². The summed E-state index contributed by atoms with van der Waals surface area (Å²) in [6.07, 6.45) is 0.538. The highest BCUT2D eigenvalue weighted by molar-refractivity contribution is 9.10. The fraction of sp³-hybridized carbons (Fsp3) is 0.571. The Morgan fingerprint density at radius 2 is 2.11 bits per heavy atom. The van der Waals surface area contributed by atoms with Crippen LogP contribution in [0, 0.1) is 5.82 Å². The molecule has 18 heavy (non-hydrogen) atoms. The molecule has 102 valence electrons. The zero-order valence-electron chi connectivity index (χ0n) is 11.0. The predicted molar refractivity (Wildman–Crippen MR) is 74.1 cm³/mol. The third kappa shape index (κ3) is 3.77. The average Bonchev–Trinajstić information content (AvgIpc) is 2.32. The van der Waals surface area contributed by atoms with Crippen molar-refractivity contribution in [1.82, 2.24) is 0 Å². The van der Waals surface area contributed by atoms with Gasteiger partial charge in [-0.1, -0.05) is 28.9 Å². The predicted octanol–water partition coefficient (Wildman–Crippen LogP) is 3.70. The van der Waals surface area contributed by atoms with Crippen LogP contribution in [0.3, 0.4) is 0 Å². The topological polar surface area (TPSA) is 29.5 Å². The summed E-state index contributed by atoms with van der Waals surface area (Å²) in [5.41, 5.74) is 0.311. The van der Waals surface area contributed by atoms with Crippen molar-refractivity contribution in [2.24, 2.45) is 0 Å². The first-order chi connectivity index (χ1) is 8.42. The maximum Gasteiger partial charge on any atom is 0.124 e. The van der Waals surface area contributed by atoms with Crippen molar-refractivity contribution in [2.75, 3.05) is 6.61 Å². The van der Waals surface area contributed by atoms with Gasteiger partial charge in [-0.05, 0) is 38.0 Å². The highest BCUT2D eigenvalue weighted by Gasteiger charge is 2.32. The molecule has 0 radical (unpaired) electrons. The van der Waals surface area contributed by atoms with Crippen LogP contribution in [-0.2, 0) is 11.2 Å². The van der Waals surface area contributed by atoms with Gasteiger partial charge in [-0.15, -0.1) is 0 Å². The second-order valence-electron chi connectivity index (χ2n) is 4.55. The summed E-state index contributed by atoms with van der Waals surface area (Å²) in [5, 5.41) is 10.3. The fourth-order valence-electron chi connectivity index (χ4n) is 1.88. The lowest BCUT2D eigenvalue weighted by molar-refractivity contribution is -0.110. The zero-order valence-corrected chi connectivity index (χ0v) is 12.6. The summed E-state index contributed by atoms with van der Waals surface area (Å²) < 4.78 is 19.3. The normalized spacial score (nSPS) is 16.3. The van der Waals surface area contributed by atoms with Crippen LogP contribution in [0.25, 0.3) is 0 Å². The Morgan fingerprint density at radius 3 is 2.61 bits per heavy atom. The summed E-state index contributed by atoms with van der Waals surface area (Å²) in [4.78, 5) is 0. The van der Waals surface area contributed by atoms with Crippen LogP contribution in [-0.4, -0.2) is 23.4 Å². The molecule has 0 spiro atoms. The van der Waals surface area contributed by atoms with E-state index in [2.05, 4.69) is 15.9 Å². The van der Waals surface area contributed by atoms with Gasteiger partial charge in [0.1, 0.15) is 5.82 Å². The number of ether oxygens (including phenoxy) is 1. The van der Waals surface area contributed by atoms with Crippen molar-refractivity contribution in [3.05, 3.63) is 34.1 Å². The van der Waals surface area contributed by atoms with Gasteiger partial charge in [0.05, 0.1) is 11.7 Å². The van der Waals surface area contributed by atoms with E-state index in [0.29, 0.717) is 17.5 Å². The molecule has 0 saturated heterocycles. The Balaban J connectivity index is 2.82. The minimum atomic E-state index is -0.621. The van der Waals surface area contributed by atoms with Gasteiger partial charge in [-0.3, -0.25) is 0 Å². The van der Waals surface area contributed by atoms with Crippen molar-refractivity contribution in [3.63, 3.8) is 0 Å². The molecule has 0 aliphatic carbocycles. The summed E-state index contributed by atoms with van der Waals surface area (Å²) in [6, 6.07) is 4.49. The number of hydrogen-bond donors (Lipinski definition) is 1. The van der Waals surface area contributed by atoms with Crippen LogP contribution in [0.5, 0.6) is 0 Å². The highest BCUT2D eigenvalue weighted by atomic mass is 79.9. The first-order valence-corrected chi connectivity index (χ1v) is 6.98. The first kappa shape index (κ1) is 15.6. The van der Waals surface area contributed by atoms with E-state index in [1.807, 2.05) is 20.8 Å². The highest BCUT2D eigenvalue weighted by Crippen LogP contribution is 2.26. The summed E-state index contributed by atoms with van der Waals surface area (Å²) in [6.45, 7) is 6.36. The standard InChI is InChI=1S/C14H20BrFO2/c1-4-14(3,18-5-2)13(17)8-10-6-7-11(16)9-12(10)15/h6-7,9,13,17H,4-5,8H2,1-3H3. The molecule has 0 amide bonds. The number of hydrogen-bond acceptors (Lipinski definition) is 2. The number of aliphatic hydroxyl groups is 1. The fourth-order valence-corrected chi connectivity index (χ4v) is 2.39. The largest absolute Gasteiger partial charge is 0.390 e. The number of halogens is 2. The molecule has 1 rings (SSSR count). The van der Waals surface area contributed by atoms with Crippen LogP contribution >= 0.6 is 15.9 Å². The van der Waals surface area contributed by atoms with Gasteiger partial charge >= 0.3 is 0 Å². The van der Waals surface area contributed by atoms with Crippen molar-refractivity contribution in [2.45, 2.75) is 45.3 Å². The zero-order chi connectivity index (χ0) is 13.8. The average molecular weight is 319 g/mol. The van der Waals surface area contributed by atoms with Gasteiger partial charge in [0, 0.05) is 17.5 Å². The molecule has 2 atom stereocenters. The molecule has 0 aliphatic heterocycles. The lowest BCUT2D eigenvalue weighted by Crippen LogP contribution is -2.43. The van der Waals surface area contributed by atoms with Gasteiger partial charge in [-0.2, -0.15) is 0 Å². The molecular weight excluding hydrogens is 299 g/mol. The van der Waals surface area contributed by atoms with Crippen molar-refractivity contribution in [3.8, 4) is 0 Å². The summed E-state index contributed by atoms with van der Waals surface area (Å²) in [5.74, 6) is -0.289. The third-order valence-corrected chi connectivity index (χ3v) is 4.05. The molecule has 1 aromatic rings. The minimum absolute atomic E-state index is 0.289. The molecule has 2 nitrogen and oxygen atoms in total. The second kappa shape index (κ2) is 6.64. The molecule has 0 bridgehead atoms. The monoisotopic (exact) mass is 318 g/mol. The molecule has 0 aromatic heterocycles. The maximum absolute atomic E-state index is 13.0. The van der Waals surface area contributed by atoms with Gasteiger partial charge < -0.3 is 9.84 Å². The summed E-state index contributed by atoms with van der Waals surface area (Å²) in [7, 11) is 0. The second-order valence-corrected chi connectivity index (χ2v) is 5.41. The Kier molecular flexibility index (Phi) is 5.76. The molecule has 0 aliphatic rings. The quantitative estimate of drug-likeness (QED) is 0.866. The summed E-state index contributed by atoms with van der Waals surface area (Å²) >= 11 is 3.31. The van der Waals surface area contributed by atoms with Crippen LogP contribution in [0.1, 0.15) is 32.8 Å². The van der Waals surface area contributed by atoms with Crippen LogP contribution in [0.4, 0.5) is 4.39 Å². The van der Waals surface area contributed by atoms with E-state index in [1.54, 1.807) is 6.07 Å².